The van der Waals surface area contributed by atoms with Gasteiger partial charge in [-0.05, 0) is 58.9 Å². The number of piperidine rings is 1. The van der Waals surface area contributed by atoms with Crippen molar-refractivity contribution in [3.63, 3.8) is 0 Å². The lowest BCUT2D eigenvalue weighted by atomic mass is 10.00. The molecule has 106 valence electrons. The van der Waals surface area contributed by atoms with Gasteiger partial charge in [-0.2, -0.15) is 0 Å². The monoisotopic (exact) mass is 253 g/mol. The number of nitrogens with zero attached hydrogens (tertiary/aromatic N) is 2. The van der Waals surface area contributed by atoms with E-state index in [1.165, 1.54) is 51.7 Å². The van der Waals surface area contributed by atoms with Gasteiger partial charge in [0.15, 0.2) is 0 Å². The van der Waals surface area contributed by atoms with Crippen molar-refractivity contribution in [3.8, 4) is 0 Å². The van der Waals surface area contributed by atoms with Gasteiger partial charge in [-0.25, -0.2) is 0 Å². The van der Waals surface area contributed by atoms with Crippen LogP contribution in [0.3, 0.4) is 0 Å². The Morgan fingerprint density at radius 1 is 1.11 bits per heavy atom. The lowest BCUT2D eigenvalue weighted by Crippen LogP contribution is -2.52. The largest absolute Gasteiger partial charge is 0.313 e. The molecule has 2 fully saturated rings. The normalized spacial score (nSPS) is 31.3. The van der Waals surface area contributed by atoms with Crippen molar-refractivity contribution in [2.45, 2.75) is 64.1 Å². The summed E-state index contributed by atoms with van der Waals surface area (Å²) in [4.78, 5) is 5.29. The maximum Gasteiger partial charge on any atom is 0.0249 e. The van der Waals surface area contributed by atoms with Gasteiger partial charge in [0.1, 0.15) is 0 Å². The third-order valence-corrected chi connectivity index (χ3v) is 5.05. The van der Waals surface area contributed by atoms with Crippen molar-refractivity contribution >= 4 is 0 Å². The molecule has 18 heavy (non-hydrogen) atoms. The van der Waals surface area contributed by atoms with Gasteiger partial charge in [-0.3, -0.25) is 4.90 Å². The Labute approximate surface area is 113 Å². The van der Waals surface area contributed by atoms with Crippen molar-refractivity contribution in [1.82, 2.24) is 15.1 Å². The van der Waals surface area contributed by atoms with Crippen molar-refractivity contribution < 1.29 is 0 Å². The predicted molar refractivity (Wildman–Crippen MR) is 78.0 cm³/mol. The molecule has 0 spiro atoms. The first kappa shape index (κ1) is 14.3. The molecule has 3 nitrogen and oxygen atoms in total. The molecular formula is C15H31N3. The van der Waals surface area contributed by atoms with Crippen LogP contribution < -0.4 is 5.32 Å². The van der Waals surface area contributed by atoms with Gasteiger partial charge in [0.05, 0.1) is 0 Å². The predicted octanol–water partition coefficient (Wildman–Crippen LogP) is 1.93. The second-order valence-electron chi connectivity index (χ2n) is 5.99. The van der Waals surface area contributed by atoms with Crippen LogP contribution in [0.1, 0.15) is 46.0 Å². The molecule has 1 saturated carbocycles. The van der Waals surface area contributed by atoms with E-state index in [2.05, 4.69) is 36.0 Å². The number of hydrogen-bond donors (Lipinski definition) is 1. The molecule has 3 heteroatoms. The molecule has 1 N–H and O–H groups in total. The second kappa shape index (κ2) is 6.88. The van der Waals surface area contributed by atoms with Gasteiger partial charge < -0.3 is 10.2 Å². The summed E-state index contributed by atoms with van der Waals surface area (Å²) >= 11 is 0. The molecule has 2 rings (SSSR count). The van der Waals surface area contributed by atoms with E-state index < -0.39 is 0 Å². The molecule has 2 aliphatic rings. The summed E-state index contributed by atoms with van der Waals surface area (Å²) in [6.45, 7) is 9.44. The van der Waals surface area contributed by atoms with Crippen LogP contribution in [0, 0.1) is 0 Å². The van der Waals surface area contributed by atoms with Gasteiger partial charge >= 0.3 is 0 Å². The third-order valence-electron chi connectivity index (χ3n) is 5.05. The van der Waals surface area contributed by atoms with E-state index in [1.807, 2.05) is 0 Å². The molecule has 0 amide bonds. The van der Waals surface area contributed by atoms with Crippen LogP contribution in [0.5, 0.6) is 0 Å². The maximum absolute atomic E-state index is 3.68. The number of nitrogens with one attached hydrogen (secondary N) is 1. The highest BCUT2D eigenvalue weighted by molar-refractivity contribution is 4.92. The lowest BCUT2D eigenvalue weighted by Gasteiger charge is -2.41. The Hall–Kier alpha value is -0.120. The molecule has 0 radical (unpaired) electrons. The molecule has 0 aromatic rings. The van der Waals surface area contributed by atoms with Crippen molar-refractivity contribution in [2.75, 3.05) is 33.2 Å². The number of likely N-dealkylation sites (N-methyl/N-ethyl adjacent to an activating group) is 2. The zero-order chi connectivity index (χ0) is 13.0. The number of rotatable bonds is 5. The topological polar surface area (TPSA) is 18.5 Å². The van der Waals surface area contributed by atoms with Crippen LogP contribution in [0.2, 0.25) is 0 Å². The van der Waals surface area contributed by atoms with Crippen LogP contribution in [-0.2, 0) is 0 Å². The lowest BCUT2D eigenvalue weighted by molar-refractivity contribution is 0.0897. The maximum atomic E-state index is 3.68. The van der Waals surface area contributed by atoms with E-state index in [4.69, 9.17) is 0 Å². The van der Waals surface area contributed by atoms with Gasteiger partial charge in [-0.1, -0.05) is 20.3 Å². The van der Waals surface area contributed by atoms with Crippen LogP contribution in [-0.4, -0.2) is 61.2 Å². The molecule has 0 aromatic heterocycles. The summed E-state index contributed by atoms with van der Waals surface area (Å²) in [6.07, 6.45) is 6.89. The average molecular weight is 253 g/mol. The molecule has 0 bridgehead atoms. The van der Waals surface area contributed by atoms with Gasteiger partial charge in [0.25, 0.3) is 0 Å². The molecule has 2 unspecified atom stereocenters. The first-order chi connectivity index (χ1) is 8.76. The Bertz CT molecular complexity index is 236. The molecule has 1 aliphatic heterocycles. The zero-order valence-corrected chi connectivity index (χ0v) is 12.5. The van der Waals surface area contributed by atoms with E-state index in [0.29, 0.717) is 0 Å². The van der Waals surface area contributed by atoms with Gasteiger partial charge in [0, 0.05) is 18.1 Å². The SMILES string of the molecule is CCNC1CCCC1N(C)C1CCN(CC)CC1. The van der Waals surface area contributed by atoms with Crippen molar-refractivity contribution in [2.24, 2.45) is 0 Å². The fourth-order valence-electron chi connectivity index (χ4n) is 3.84. The first-order valence-electron chi connectivity index (χ1n) is 7.94. The minimum Gasteiger partial charge on any atom is -0.313 e. The molecule has 2 atom stereocenters. The number of hydrogen-bond acceptors (Lipinski definition) is 3. The van der Waals surface area contributed by atoms with E-state index in [9.17, 15) is 0 Å². The highest BCUT2D eigenvalue weighted by Crippen LogP contribution is 2.27. The Morgan fingerprint density at radius 2 is 1.83 bits per heavy atom. The summed E-state index contributed by atoms with van der Waals surface area (Å²) in [5, 5.41) is 3.68. The Balaban J connectivity index is 1.85. The van der Waals surface area contributed by atoms with Gasteiger partial charge in [0.2, 0.25) is 0 Å². The fraction of sp³-hybridized carbons (Fsp3) is 1.00. The standard InChI is InChI=1S/C15H31N3/c1-4-16-14-7-6-8-15(14)17(3)13-9-11-18(5-2)12-10-13/h13-16H,4-12H2,1-3H3. The minimum atomic E-state index is 0.740. The van der Waals surface area contributed by atoms with Crippen LogP contribution in [0.25, 0.3) is 0 Å². The first-order valence-corrected chi connectivity index (χ1v) is 7.94. The molecule has 1 aliphatic carbocycles. The summed E-state index contributed by atoms with van der Waals surface area (Å²) in [6, 6.07) is 2.34. The van der Waals surface area contributed by atoms with Crippen molar-refractivity contribution in [1.29, 1.82) is 0 Å². The summed E-state index contributed by atoms with van der Waals surface area (Å²) in [5.41, 5.74) is 0. The van der Waals surface area contributed by atoms with E-state index >= 15 is 0 Å². The highest BCUT2D eigenvalue weighted by atomic mass is 15.2. The molecule has 1 heterocycles. The zero-order valence-electron chi connectivity index (χ0n) is 12.5. The molecule has 1 saturated heterocycles. The number of likely N-dealkylation sites (tertiary alicyclic amines) is 1. The van der Waals surface area contributed by atoms with Gasteiger partial charge in [-0.15, -0.1) is 0 Å². The Morgan fingerprint density at radius 3 is 2.44 bits per heavy atom. The van der Waals surface area contributed by atoms with Crippen LogP contribution in [0.4, 0.5) is 0 Å². The van der Waals surface area contributed by atoms with Crippen molar-refractivity contribution in [3.05, 3.63) is 0 Å². The van der Waals surface area contributed by atoms with Crippen LogP contribution >= 0.6 is 0 Å². The smallest absolute Gasteiger partial charge is 0.0249 e. The van der Waals surface area contributed by atoms with E-state index in [0.717, 1.165) is 24.7 Å². The second-order valence-corrected chi connectivity index (χ2v) is 5.99. The molecule has 0 aromatic carbocycles. The molecular weight excluding hydrogens is 222 g/mol. The van der Waals surface area contributed by atoms with Crippen LogP contribution in [0.15, 0.2) is 0 Å². The van der Waals surface area contributed by atoms with E-state index in [1.54, 1.807) is 0 Å². The fourth-order valence-corrected chi connectivity index (χ4v) is 3.84. The third kappa shape index (κ3) is 3.25. The Kier molecular flexibility index (Phi) is 5.46. The summed E-state index contributed by atoms with van der Waals surface area (Å²) < 4.78 is 0. The van der Waals surface area contributed by atoms with E-state index in [-0.39, 0.29) is 0 Å². The average Bonchev–Trinajstić information content (AvgIpc) is 2.87. The summed E-state index contributed by atoms with van der Waals surface area (Å²) in [5.74, 6) is 0. The quantitative estimate of drug-likeness (QED) is 0.808. The highest BCUT2D eigenvalue weighted by Gasteiger charge is 2.33. The summed E-state index contributed by atoms with van der Waals surface area (Å²) in [7, 11) is 2.37. The minimum absolute atomic E-state index is 0.740.